The fourth-order valence-corrected chi connectivity index (χ4v) is 1.69. The largest absolute Gasteiger partial charge is 0.393 e. The second kappa shape index (κ2) is 5.78. The van der Waals surface area contributed by atoms with Crippen LogP contribution < -0.4 is 5.32 Å². The van der Waals surface area contributed by atoms with Gasteiger partial charge in [-0.15, -0.1) is 0 Å². The Labute approximate surface area is 87.8 Å². The maximum Gasteiger partial charge on any atom is 0.252 e. The predicted octanol–water partition coefficient (Wildman–Crippen LogP) is 1.64. The number of aliphatic hydroxyl groups is 1. The normalized spacial score (nSPS) is 12.4. The average Bonchev–Trinajstić information content (AvgIpc) is 2.70. The average molecular weight is 213 g/mol. The molecule has 4 heteroatoms. The second-order valence-corrected chi connectivity index (χ2v) is 3.90. The molecule has 14 heavy (non-hydrogen) atoms. The zero-order valence-electron chi connectivity index (χ0n) is 8.19. The standard InChI is InChI=1S/C10H15NO2S/c1-2-9(12)3-5-11-10(13)8-4-6-14-7-8/h4,6-7,9,12H,2-3,5H2,1H3,(H,11,13). The quantitative estimate of drug-likeness (QED) is 0.781. The monoisotopic (exact) mass is 213 g/mol. The summed E-state index contributed by atoms with van der Waals surface area (Å²) < 4.78 is 0. The van der Waals surface area contributed by atoms with E-state index in [9.17, 15) is 9.90 Å². The molecule has 1 atom stereocenters. The maximum absolute atomic E-state index is 11.4. The van der Waals surface area contributed by atoms with Crippen LogP contribution in [0.1, 0.15) is 30.1 Å². The molecule has 2 N–H and O–H groups in total. The smallest absolute Gasteiger partial charge is 0.252 e. The van der Waals surface area contributed by atoms with Gasteiger partial charge in [0.1, 0.15) is 0 Å². The first kappa shape index (κ1) is 11.2. The Morgan fingerprint density at radius 2 is 2.50 bits per heavy atom. The molecule has 0 spiro atoms. The summed E-state index contributed by atoms with van der Waals surface area (Å²) in [5.41, 5.74) is 0.695. The minimum absolute atomic E-state index is 0.0606. The van der Waals surface area contributed by atoms with Crippen molar-refractivity contribution in [1.29, 1.82) is 0 Å². The Bertz CT molecular complexity index is 272. The Kier molecular flexibility index (Phi) is 4.62. The molecule has 1 heterocycles. The second-order valence-electron chi connectivity index (χ2n) is 3.12. The number of thiophene rings is 1. The van der Waals surface area contributed by atoms with Crippen LogP contribution in [0.5, 0.6) is 0 Å². The van der Waals surface area contributed by atoms with E-state index in [2.05, 4.69) is 5.32 Å². The summed E-state index contributed by atoms with van der Waals surface area (Å²) >= 11 is 1.50. The number of aliphatic hydroxyl groups excluding tert-OH is 1. The highest BCUT2D eigenvalue weighted by Gasteiger charge is 2.05. The molecule has 0 aliphatic heterocycles. The minimum Gasteiger partial charge on any atom is -0.393 e. The summed E-state index contributed by atoms with van der Waals surface area (Å²) in [7, 11) is 0. The van der Waals surface area contributed by atoms with Gasteiger partial charge in [-0.05, 0) is 24.3 Å². The van der Waals surface area contributed by atoms with Crippen LogP contribution in [0.4, 0.5) is 0 Å². The summed E-state index contributed by atoms with van der Waals surface area (Å²) in [4.78, 5) is 11.4. The van der Waals surface area contributed by atoms with Crippen LogP contribution in [0.15, 0.2) is 16.8 Å². The van der Waals surface area contributed by atoms with E-state index in [1.165, 1.54) is 11.3 Å². The van der Waals surface area contributed by atoms with E-state index in [1.54, 1.807) is 6.07 Å². The zero-order chi connectivity index (χ0) is 10.4. The lowest BCUT2D eigenvalue weighted by atomic mass is 10.2. The van der Waals surface area contributed by atoms with Crippen molar-refractivity contribution in [3.8, 4) is 0 Å². The van der Waals surface area contributed by atoms with Crippen LogP contribution in [0.25, 0.3) is 0 Å². The van der Waals surface area contributed by atoms with Crippen molar-refractivity contribution in [1.82, 2.24) is 5.32 Å². The highest BCUT2D eigenvalue weighted by molar-refractivity contribution is 7.08. The summed E-state index contributed by atoms with van der Waals surface area (Å²) in [5.74, 6) is -0.0606. The molecule has 0 aliphatic rings. The van der Waals surface area contributed by atoms with E-state index in [-0.39, 0.29) is 12.0 Å². The Morgan fingerprint density at radius 3 is 3.07 bits per heavy atom. The molecule has 0 aromatic carbocycles. The van der Waals surface area contributed by atoms with E-state index in [1.807, 2.05) is 17.7 Å². The van der Waals surface area contributed by atoms with Crippen LogP contribution >= 0.6 is 11.3 Å². The molecule has 0 saturated carbocycles. The number of carbonyl (C=O) groups is 1. The Balaban J connectivity index is 2.23. The molecule has 3 nitrogen and oxygen atoms in total. The van der Waals surface area contributed by atoms with Gasteiger partial charge in [0.25, 0.3) is 5.91 Å². The number of carbonyl (C=O) groups excluding carboxylic acids is 1. The van der Waals surface area contributed by atoms with Crippen molar-refractivity contribution >= 4 is 17.2 Å². The lowest BCUT2D eigenvalue weighted by Gasteiger charge is -2.07. The third kappa shape index (κ3) is 3.47. The van der Waals surface area contributed by atoms with Crippen LogP contribution in [0.3, 0.4) is 0 Å². The molecule has 1 aromatic rings. The molecule has 0 bridgehead atoms. The molecule has 1 aromatic heterocycles. The molecule has 1 amide bonds. The van der Waals surface area contributed by atoms with Gasteiger partial charge in [0.2, 0.25) is 0 Å². The minimum atomic E-state index is -0.308. The highest BCUT2D eigenvalue weighted by Crippen LogP contribution is 2.05. The highest BCUT2D eigenvalue weighted by atomic mass is 32.1. The third-order valence-electron chi connectivity index (χ3n) is 2.02. The molecule has 0 radical (unpaired) electrons. The zero-order valence-corrected chi connectivity index (χ0v) is 9.01. The van der Waals surface area contributed by atoms with Crippen LogP contribution in [-0.2, 0) is 0 Å². The van der Waals surface area contributed by atoms with Crippen molar-refractivity contribution in [2.45, 2.75) is 25.9 Å². The van der Waals surface area contributed by atoms with Gasteiger partial charge in [0.15, 0.2) is 0 Å². The summed E-state index contributed by atoms with van der Waals surface area (Å²) in [6, 6.07) is 1.79. The van der Waals surface area contributed by atoms with Gasteiger partial charge in [0, 0.05) is 17.5 Å². The van der Waals surface area contributed by atoms with Crippen molar-refractivity contribution in [2.75, 3.05) is 6.54 Å². The van der Waals surface area contributed by atoms with Crippen LogP contribution in [0.2, 0.25) is 0 Å². The predicted molar refractivity (Wildman–Crippen MR) is 57.6 cm³/mol. The van der Waals surface area contributed by atoms with Crippen molar-refractivity contribution < 1.29 is 9.90 Å². The summed E-state index contributed by atoms with van der Waals surface area (Å²) in [5, 5.41) is 15.7. The number of hydrogen-bond acceptors (Lipinski definition) is 3. The first-order chi connectivity index (χ1) is 6.74. The maximum atomic E-state index is 11.4. The Morgan fingerprint density at radius 1 is 1.71 bits per heavy atom. The third-order valence-corrected chi connectivity index (χ3v) is 2.70. The Hall–Kier alpha value is -0.870. The van der Waals surface area contributed by atoms with Gasteiger partial charge in [-0.25, -0.2) is 0 Å². The lowest BCUT2D eigenvalue weighted by molar-refractivity contribution is 0.0942. The fourth-order valence-electron chi connectivity index (χ4n) is 1.05. The first-order valence-corrected chi connectivity index (χ1v) is 5.66. The number of hydrogen-bond donors (Lipinski definition) is 2. The SMILES string of the molecule is CCC(O)CCNC(=O)c1ccsc1. The molecule has 1 unspecified atom stereocenters. The molecule has 0 aliphatic carbocycles. The summed E-state index contributed by atoms with van der Waals surface area (Å²) in [6.45, 7) is 2.45. The van der Waals surface area contributed by atoms with Crippen molar-refractivity contribution in [2.24, 2.45) is 0 Å². The lowest BCUT2D eigenvalue weighted by Crippen LogP contribution is -2.26. The van der Waals surface area contributed by atoms with E-state index < -0.39 is 0 Å². The van der Waals surface area contributed by atoms with Gasteiger partial charge in [0.05, 0.1) is 6.10 Å². The van der Waals surface area contributed by atoms with Gasteiger partial charge in [-0.2, -0.15) is 11.3 Å². The van der Waals surface area contributed by atoms with Crippen molar-refractivity contribution in [3.63, 3.8) is 0 Å². The van der Waals surface area contributed by atoms with Crippen LogP contribution in [0, 0.1) is 0 Å². The fraction of sp³-hybridized carbons (Fsp3) is 0.500. The van der Waals surface area contributed by atoms with Gasteiger partial charge < -0.3 is 10.4 Å². The van der Waals surface area contributed by atoms with Gasteiger partial charge in [-0.1, -0.05) is 6.92 Å². The number of nitrogens with one attached hydrogen (secondary N) is 1. The topological polar surface area (TPSA) is 49.3 Å². The van der Waals surface area contributed by atoms with Crippen molar-refractivity contribution in [3.05, 3.63) is 22.4 Å². The number of rotatable bonds is 5. The van der Waals surface area contributed by atoms with E-state index in [0.29, 0.717) is 18.5 Å². The molecule has 1 rings (SSSR count). The molecular formula is C10H15NO2S. The molecule has 78 valence electrons. The molecular weight excluding hydrogens is 198 g/mol. The van der Waals surface area contributed by atoms with E-state index in [4.69, 9.17) is 0 Å². The number of amides is 1. The van der Waals surface area contributed by atoms with Gasteiger partial charge in [-0.3, -0.25) is 4.79 Å². The first-order valence-electron chi connectivity index (χ1n) is 4.72. The summed E-state index contributed by atoms with van der Waals surface area (Å²) in [6.07, 6.45) is 1.04. The molecule has 0 saturated heterocycles. The van der Waals surface area contributed by atoms with Gasteiger partial charge >= 0.3 is 0 Å². The van der Waals surface area contributed by atoms with E-state index in [0.717, 1.165) is 6.42 Å². The van der Waals surface area contributed by atoms with Crippen LogP contribution in [-0.4, -0.2) is 23.7 Å². The molecule has 0 fully saturated rings. The van der Waals surface area contributed by atoms with E-state index >= 15 is 0 Å².